The third-order valence-corrected chi connectivity index (χ3v) is 10.3. The van der Waals surface area contributed by atoms with Crippen molar-refractivity contribution in [1.29, 1.82) is 0 Å². The number of allylic oxidation sites excluding steroid dienone is 3. The number of ether oxygens (including phenoxy) is 1. The summed E-state index contributed by atoms with van der Waals surface area (Å²) in [6, 6.07) is 5.29. The zero-order chi connectivity index (χ0) is 27.7. The van der Waals surface area contributed by atoms with Gasteiger partial charge in [0.05, 0.1) is 17.3 Å². The summed E-state index contributed by atoms with van der Waals surface area (Å²) in [6.45, 7) is 3.72. The van der Waals surface area contributed by atoms with Gasteiger partial charge in [-0.25, -0.2) is 4.98 Å². The van der Waals surface area contributed by atoms with E-state index in [1.54, 1.807) is 13.0 Å². The molecule has 1 saturated heterocycles. The number of alkyl halides is 3. The molecule has 1 unspecified atom stereocenters. The number of rotatable bonds is 2. The minimum absolute atomic E-state index is 0.145. The summed E-state index contributed by atoms with van der Waals surface area (Å²) in [7, 11) is 3.68. The Labute approximate surface area is 224 Å². The van der Waals surface area contributed by atoms with Crippen molar-refractivity contribution in [2.45, 2.75) is 81.6 Å². The van der Waals surface area contributed by atoms with Crippen LogP contribution in [0.5, 0.6) is 0 Å². The van der Waals surface area contributed by atoms with E-state index in [0.717, 1.165) is 16.7 Å². The summed E-state index contributed by atoms with van der Waals surface area (Å²) < 4.78 is 57.3. The van der Waals surface area contributed by atoms with Gasteiger partial charge in [0.15, 0.2) is 11.5 Å². The van der Waals surface area contributed by atoms with Gasteiger partial charge in [0.25, 0.3) is 0 Å². The standard InChI is InChI=1S/C30H33F3N2O4/c1-15-34-21-7-5-16(11-23(21)38-15)17-6-8-24-27(17,2)13-20(30(31,32)33)18-12-19-25(36)26(37)22(35(3)4)14-28(19)9-10-29(18,24)39-28/h5-7,11-12,22,24-26,36-37H,8-10,13-14H2,1-4H3/t22-,24?,25+,26+,27+,28+,29+/m0/s1. The number of aromatic nitrogens is 1. The predicted molar refractivity (Wildman–Crippen MR) is 139 cm³/mol. The predicted octanol–water partition coefficient (Wildman–Crippen LogP) is 5.09. The third-order valence-electron chi connectivity index (χ3n) is 10.3. The van der Waals surface area contributed by atoms with Gasteiger partial charge in [-0.05, 0) is 80.6 Å². The second-order valence-corrected chi connectivity index (χ2v) is 12.6. The van der Waals surface area contributed by atoms with Gasteiger partial charge in [-0.3, -0.25) is 0 Å². The van der Waals surface area contributed by atoms with E-state index in [2.05, 4.69) is 11.1 Å². The lowest BCUT2D eigenvalue weighted by molar-refractivity contribution is -0.170. The Kier molecular flexibility index (Phi) is 5.13. The number of nitrogens with zero attached hydrogens (tertiary/aromatic N) is 2. The Balaban J connectivity index is 1.39. The molecule has 2 aromatic rings. The molecule has 5 aliphatic rings. The van der Waals surface area contributed by atoms with Gasteiger partial charge in [-0.1, -0.05) is 25.1 Å². The van der Waals surface area contributed by atoms with Crippen LogP contribution < -0.4 is 0 Å². The van der Waals surface area contributed by atoms with E-state index in [1.165, 1.54) is 0 Å². The van der Waals surface area contributed by atoms with Crippen molar-refractivity contribution in [1.82, 2.24) is 9.88 Å². The third kappa shape index (κ3) is 3.27. The molecule has 6 nitrogen and oxygen atoms in total. The van der Waals surface area contributed by atoms with Crippen LogP contribution in [0, 0.1) is 18.3 Å². The fourth-order valence-electron chi connectivity index (χ4n) is 8.58. The van der Waals surface area contributed by atoms with Crippen LogP contribution in [0.1, 0.15) is 50.5 Å². The molecule has 1 aromatic heterocycles. The summed E-state index contributed by atoms with van der Waals surface area (Å²) >= 11 is 0. The van der Waals surface area contributed by atoms with E-state index in [9.17, 15) is 23.4 Å². The highest BCUT2D eigenvalue weighted by Gasteiger charge is 2.69. The lowest BCUT2D eigenvalue weighted by Gasteiger charge is -2.57. The average Bonchev–Trinajstić information content (AvgIpc) is 3.50. The molecule has 7 rings (SSSR count). The van der Waals surface area contributed by atoms with Crippen LogP contribution >= 0.6 is 0 Å². The van der Waals surface area contributed by atoms with Gasteiger partial charge in [-0.15, -0.1) is 0 Å². The molecule has 1 saturated carbocycles. The SMILES string of the molecule is Cc1nc2ccc(C3=CCC4[C@]3(C)CC(C(F)(F)F)=C3C=C5[C@@H](O)[C@H](O)[C@@H](N(C)C)C[C@]56CC[C@@]34O6)cc2o1. The first-order chi connectivity index (χ1) is 18.3. The van der Waals surface area contributed by atoms with E-state index in [0.29, 0.717) is 42.7 Å². The number of aliphatic hydroxyl groups is 2. The molecular formula is C30H33F3N2O4. The maximum absolute atomic E-state index is 14.9. The quantitative estimate of drug-likeness (QED) is 0.551. The number of likely N-dealkylation sites (N-methyl/N-ethyl adjacent to an activating group) is 1. The highest BCUT2D eigenvalue weighted by Crippen LogP contribution is 2.70. The minimum atomic E-state index is -4.57. The molecule has 208 valence electrons. The first-order valence-electron chi connectivity index (χ1n) is 13.6. The fraction of sp³-hybridized carbons (Fsp3) is 0.567. The monoisotopic (exact) mass is 542 g/mol. The van der Waals surface area contributed by atoms with Gasteiger partial charge in [0.1, 0.15) is 11.6 Å². The van der Waals surface area contributed by atoms with Crippen LogP contribution in [0.3, 0.4) is 0 Å². The van der Waals surface area contributed by atoms with E-state index in [1.807, 2.05) is 44.1 Å². The zero-order valence-corrected chi connectivity index (χ0v) is 22.5. The van der Waals surface area contributed by atoms with Crippen molar-refractivity contribution < 1.29 is 32.5 Å². The van der Waals surface area contributed by atoms with Crippen molar-refractivity contribution in [3.8, 4) is 0 Å². The second kappa shape index (κ2) is 7.84. The van der Waals surface area contributed by atoms with Crippen LogP contribution in [-0.2, 0) is 4.74 Å². The normalized spacial score (nSPS) is 39.5. The van der Waals surface area contributed by atoms with Gasteiger partial charge in [0, 0.05) is 29.9 Å². The topological polar surface area (TPSA) is 79.0 Å². The summed E-state index contributed by atoms with van der Waals surface area (Å²) in [4.78, 5) is 6.23. The maximum Gasteiger partial charge on any atom is 0.413 e. The highest BCUT2D eigenvalue weighted by molar-refractivity contribution is 5.82. The molecule has 7 atom stereocenters. The molecule has 0 radical (unpaired) electrons. The summed E-state index contributed by atoms with van der Waals surface area (Å²) in [6.07, 6.45) is -1.55. The molecule has 2 bridgehead atoms. The lowest BCUT2D eigenvalue weighted by Crippen LogP contribution is -2.62. The van der Waals surface area contributed by atoms with Gasteiger partial charge >= 0.3 is 6.18 Å². The molecular weight excluding hydrogens is 509 g/mol. The number of fused-ring (bicyclic) bond motifs is 2. The summed E-state index contributed by atoms with van der Waals surface area (Å²) in [5.41, 5.74) is 0.159. The number of benzene rings is 1. The molecule has 2 spiro atoms. The van der Waals surface area contributed by atoms with Crippen LogP contribution in [-0.4, -0.2) is 69.8 Å². The zero-order valence-electron chi connectivity index (χ0n) is 22.5. The minimum Gasteiger partial charge on any atom is -0.441 e. The van der Waals surface area contributed by atoms with E-state index < -0.39 is 40.6 Å². The molecule has 2 fully saturated rings. The Bertz CT molecular complexity index is 1490. The average molecular weight is 543 g/mol. The summed E-state index contributed by atoms with van der Waals surface area (Å²) in [5, 5.41) is 22.0. The van der Waals surface area contributed by atoms with Gasteiger partial charge in [-0.2, -0.15) is 13.2 Å². The number of aliphatic hydroxyl groups excluding tert-OH is 2. The van der Waals surface area contributed by atoms with Gasteiger partial charge in [0.2, 0.25) is 0 Å². The van der Waals surface area contributed by atoms with Crippen LogP contribution in [0.15, 0.2) is 51.5 Å². The van der Waals surface area contributed by atoms with Crippen molar-refractivity contribution in [2.75, 3.05) is 14.1 Å². The molecule has 9 heteroatoms. The Morgan fingerprint density at radius 2 is 1.92 bits per heavy atom. The number of halogens is 3. The maximum atomic E-state index is 14.9. The largest absolute Gasteiger partial charge is 0.441 e. The van der Waals surface area contributed by atoms with Crippen molar-refractivity contribution >= 4 is 16.7 Å². The van der Waals surface area contributed by atoms with Gasteiger partial charge < -0.3 is 24.3 Å². The molecule has 39 heavy (non-hydrogen) atoms. The fourth-order valence-corrected chi connectivity index (χ4v) is 8.58. The number of oxazole rings is 1. The first kappa shape index (κ1) is 25.5. The van der Waals surface area contributed by atoms with Crippen LogP contribution in [0.4, 0.5) is 13.2 Å². The lowest BCUT2D eigenvalue weighted by atomic mass is 9.56. The number of aryl methyl sites for hydroxylation is 1. The van der Waals surface area contributed by atoms with Crippen molar-refractivity contribution in [3.63, 3.8) is 0 Å². The highest BCUT2D eigenvalue weighted by atomic mass is 19.4. The Morgan fingerprint density at radius 3 is 2.64 bits per heavy atom. The molecule has 3 aliphatic carbocycles. The smallest absolute Gasteiger partial charge is 0.413 e. The van der Waals surface area contributed by atoms with Crippen LogP contribution in [0.2, 0.25) is 0 Å². The van der Waals surface area contributed by atoms with Crippen LogP contribution in [0.25, 0.3) is 16.7 Å². The van der Waals surface area contributed by atoms with Crippen molar-refractivity contribution in [3.05, 3.63) is 58.5 Å². The van der Waals surface area contributed by atoms with E-state index >= 15 is 0 Å². The Hall–Kier alpha value is -2.46. The van der Waals surface area contributed by atoms with Crippen molar-refractivity contribution in [2.24, 2.45) is 11.3 Å². The molecule has 1 aromatic carbocycles. The number of hydrogen-bond donors (Lipinski definition) is 2. The second-order valence-electron chi connectivity index (χ2n) is 12.6. The number of hydrogen-bond acceptors (Lipinski definition) is 6. The molecule has 2 N–H and O–H groups in total. The first-order valence-corrected chi connectivity index (χ1v) is 13.6. The molecule has 3 heterocycles. The summed E-state index contributed by atoms with van der Waals surface area (Å²) in [5.74, 6) is 0.340. The molecule has 0 amide bonds. The van der Waals surface area contributed by atoms with E-state index in [-0.39, 0.29) is 24.0 Å². The van der Waals surface area contributed by atoms with E-state index in [4.69, 9.17) is 9.15 Å². The molecule has 2 aliphatic heterocycles. The Morgan fingerprint density at radius 1 is 1.15 bits per heavy atom.